The van der Waals surface area contributed by atoms with Gasteiger partial charge in [-0.25, -0.2) is 10.8 Å². The predicted octanol–water partition coefficient (Wildman–Crippen LogP) is 1.21. The number of rotatable bonds is 5. The summed E-state index contributed by atoms with van der Waals surface area (Å²) in [6.45, 7) is 0.0396. The van der Waals surface area contributed by atoms with Crippen LogP contribution in [0.4, 0.5) is 11.5 Å². The number of nitrogens with one attached hydrogen (secondary N) is 2. The highest BCUT2D eigenvalue weighted by Crippen LogP contribution is 2.17. The van der Waals surface area contributed by atoms with Crippen LogP contribution in [-0.4, -0.2) is 15.8 Å². The van der Waals surface area contributed by atoms with Gasteiger partial charge in [0.15, 0.2) is 0 Å². The molecule has 0 atom stereocenters. The number of benzene rings is 1. The number of hydrogen-bond acceptors (Lipinski definition) is 6. The molecule has 0 saturated carbocycles. The number of nitrogens with zero attached hydrogens (tertiary/aromatic N) is 2. The van der Waals surface area contributed by atoms with Gasteiger partial charge in [-0.2, -0.15) is 0 Å². The minimum Gasteiger partial charge on any atom is -0.346 e. The maximum absolute atomic E-state index is 12.0. The lowest BCUT2D eigenvalue weighted by Gasteiger charge is -2.06. The largest absolute Gasteiger partial charge is 0.346 e. The zero-order chi connectivity index (χ0) is 15.2. The van der Waals surface area contributed by atoms with Gasteiger partial charge in [-0.1, -0.05) is 24.3 Å². The predicted molar refractivity (Wildman–Crippen MR) is 76.3 cm³/mol. The van der Waals surface area contributed by atoms with Gasteiger partial charge < -0.3 is 10.7 Å². The van der Waals surface area contributed by atoms with Gasteiger partial charge in [0.2, 0.25) is 0 Å². The number of carbonyl (C=O) groups is 1. The van der Waals surface area contributed by atoms with E-state index in [-0.39, 0.29) is 17.9 Å². The Morgan fingerprint density at radius 2 is 2.00 bits per heavy atom. The van der Waals surface area contributed by atoms with Crippen molar-refractivity contribution < 1.29 is 9.72 Å². The van der Waals surface area contributed by atoms with E-state index in [0.717, 1.165) is 0 Å². The summed E-state index contributed by atoms with van der Waals surface area (Å²) in [6, 6.07) is 11.0. The molecular formula is C13H13N5O3. The normalized spacial score (nSPS) is 9.95. The van der Waals surface area contributed by atoms with Crippen LogP contribution in [0, 0.1) is 10.1 Å². The third-order valence-electron chi connectivity index (χ3n) is 2.76. The number of hydrazine groups is 1. The smallest absolute Gasteiger partial charge is 0.274 e. The zero-order valence-electron chi connectivity index (χ0n) is 10.9. The van der Waals surface area contributed by atoms with Crippen molar-refractivity contribution in [2.24, 2.45) is 5.84 Å². The number of nitro groups is 1. The Labute approximate surface area is 120 Å². The molecule has 21 heavy (non-hydrogen) atoms. The molecule has 2 rings (SSSR count). The lowest BCUT2D eigenvalue weighted by atomic mass is 10.2. The minimum absolute atomic E-state index is 0.0388. The van der Waals surface area contributed by atoms with Crippen LogP contribution in [0.25, 0.3) is 0 Å². The molecule has 8 heteroatoms. The number of aromatic nitrogens is 1. The van der Waals surface area contributed by atoms with Crippen LogP contribution >= 0.6 is 0 Å². The number of amides is 1. The molecule has 0 bridgehead atoms. The van der Waals surface area contributed by atoms with Gasteiger partial charge in [0.05, 0.1) is 4.92 Å². The highest BCUT2D eigenvalue weighted by Gasteiger charge is 2.14. The van der Waals surface area contributed by atoms with Crippen LogP contribution < -0.4 is 16.6 Å². The molecule has 0 aliphatic rings. The molecule has 4 N–H and O–H groups in total. The molecule has 2 aromatic rings. The summed E-state index contributed by atoms with van der Waals surface area (Å²) in [5.74, 6) is 5.13. The average molecular weight is 287 g/mol. The molecule has 0 aliphatic heterocycles. The first-order valence-electron chi connectivity index (χ1n) is 6.06. The van der Waals surface area contributed by atoms with Crippen molar-refractivity contribution in [1.82, 2.24) is 10.3 Å². The number of hydrogen-bond donors (Lipinski definition) is 3. The van der Waals surface area contributed by atoms with E-state index in [0.29, 0.717) is 11.4 Å². The van der Waals surface area contributed by atoms with Crippen LogP contribution in [0.1, 0.15) is 16.1 Å². The van der Waals surface area contributed by atoms with Gasteiger partial charge in [0.1, 0.15) is 11.5 Å². The number of nitrogens with two attached hydrogens (primary N) is 1. The molecule has 1 amide bonds. The second kappa shape index (κ2) is 6.44. The Bertz CT molecular complexity index is 674. The number of nitro benzene ring substituents is 1. The molecule has 0 radical (unpaired) electrons. The van der Waals surface area contributed by atoms with Crippen molar-refractivity contribution in [1.29, 1.82) is 0 Å². The fraction of sp³-hybridized carbons (Fsp3) is 0.0769. The van der Waals surface area contributed by atoms with E-state index < -0.39 is 10.8 Å². The first-order chi connectivity index (χ1) is 10.1. The number of para-hydroxylation sites is 1. The van der Waals surface area contributed by atoms with Gasteiger partial charge in [-0.05, 0) is 12.1 Å². The fourth-order valence-corrected chi connectivity index (χ4v) is 1.75. The summed E-state index contributed by atoms with van der Waals surface area (Å²) < 4.78 is 0. The second-order valence-corrected chi connectivity index (χ2v) is 4.12. The molecule has 0 aliphatic carbocycles. The van der Waals surface area contributed by atoms with Crippen LogP contribution in [0.3, 0.4) is 0 Å². The highest BCUT2D eigenvalue weighted by molar-refractivity contribution is 5.92. The van der Waals surface area contributed by atoms with Crippen molar-refractivity contribution >= 4 is 17.4 Å². The van der Waals surface area contributed by atoms with E-state index in [1.165, 1.54) is 12.1 Å². The van der Waals surface area contributed by atoms with Gasteiger partial charge in [-0.3, -0.25) is 14.9 Å². The standard InChI is InChI=1S/C13H13N5O3/c14-17-12-7-3-5-10(16-12)13(19)15-8-9-4-1-2-6-11(9)18(20)21/h1-7H,8,14H2,(H,15,19)(H,16,17). The average Bonchev–Trinajstić information content (AvgIpc) is 2.52. The van der Waals surface area contributed by atoms with Crippen molar-refractivity contribution in [2.75, 3.05) is 5.43 Å². The van der Waals surface area contributed by atoms with Crippen molar-refractivity contribution in [2.45, 2.75) is 6.54 Å². The Hall–Kier alpha value is -3.00. The summed E-state index contributed by atoms with van der Waals surface area (Å²) in [7, 11) is 0. The zero-order valence-corrected chi connectivity index (χ0v) is 10.9. The van der Waals surface area contributed by atoms with Crippen LogP contribution in [-0.2, 0) is 6.54 Å². The van der Waals surface area contributed by atoms with E-state index in [1.807, 2.05) is 0 Å². The molecule has 1 heterocycles. The summed E-state index contributed by atoms with van der Waals surface area (Å²) >= 11 is 0. The second-order valence-electron chi connectivity index (χ2n) is 4.12. The maximum Gasteiger partial charge on any atom is 0.274 e. The van der Waals surface area contributed by atoms with Crippen LogP contribution in [0.2, 0.25) is 0 Å². The Kier molecular flexibility index (Phi) is 4.42. The third-order valence-corrected chi connectivity index (χ3v) is 2.76. The molecule has 0 saturated heterocycles. The Morgan fingerprint density at radius 3 is 2.71 bits per heavy atom. The summed E-state index contributed by atoms with van der Waals surface area (Å²) in [4.78, 5) is 26.3. The van der Waals surface area contributed by atoms with Gasteiger partial charge in [-0.15, -0.1) is 0 Å². The monoisotopic (exact) mass is 287 g/mol. The quantitative estimate of drug-likeness (QED) is 0.431. The summed E-state index contributed by atoms with van der Waals surface area (Å²) in [5, 5.41) is 13.5. The van der Waals surface area contributed by atoms with Gasteiger partial charge >= 0.3 is 0 Å². The SMILES string of the molecule is NNc1cccc(C(=O)NCc2ccccc2[N+](=O)[O-])n1. The molecule has 1 aromatic heterocycles. The highest BCUT2D eigenvalue weighted by atomic mass is 16.6. The van der Waals surface area contributed by atoms with Crippen LogP contribution in [0.5, 0.6) is 0 Å². The van der Waals surface area contributed by atoms with E-state index in [4.69, 9.17) is 5.84 Å². The topological polar surface area (TPSA) is 123 Å². The van der Waals surface area contributed by atoms with E-state index in [1.54, 1.807) is 30.3 Å². The van der Waals surface area contributed by atoms with E-state index >= 15 is 0 Å². The molecule has 0 unspecified atom stereocenters. The molecule has 8 nitrogen and oxygen atoms in total. The molecular weight excluding hydrogens is 274 g/mol. The minimum atomic E-state index is -0.487. The maximum atomic E-state index is 12.0. The van der Waals surface area contributed by atoms with Gasteiger partial charge in [0, 0.05) is 18.2 Å². The summed E-state index contributed by atoms with van der Waals surface area (Å²) in [5.41, 5.74) is 2.89. The Morgan fingerprint density at radius 1 is 1.24 bits per heavy atom. The molecule has 0 fully saturated rings. The number of nitrogen functional groups attached to an aromatic ring is 1. The van der Waals surface area contributed by atoms with E-state index in [9.17, 15) is 14.9 Å². The summed E-state index contributed by atoms with van der Waals surface area (Å²) in [6.07, 6.45) is 0. The number of pyridine rings is 1. The lowest BCUT2D eigenvalue weighted by molar-refractivity contribution is -0.385. The number of anilines is 1. The first-order valence-corrected chi connectivity index (χ1v) is 6.06. The lowest BCUT2D eigenvalue weighted by Crippen LogP contribution is -2.24. The molecule has 1 aromatic carbocycles. The van der Waals surface area contributed by atoms with Crippen LogP contribution in [0.15, 0.2) is 42.5 Å². The number of carbonyl (C=O) groups excluding carboxylic acids is 1. The van der Waals surface area contributed by atoms with Crippen molar-refractivity contribution in [3.63, 3.8) is 0 Å². The van der Waals surface area contributed by atoms with E-state index in [2.05, 4.69) is 15.7 Å². The third kappa shape index (κ3) is 3.51. The Balaban J connectivity index is 2.09. The fourth-order valence-electron chi connectivity index (χ4n) is 1.75. The van der Waals surface area contributed by atoms with Crippen molar-refractivity contribution in [3.8, 4) is 0 Å². The molecule has 108 valence electrons. The van der Waals surface area contributed by atoms with Gasteiger partial charge in [0.25, 0.3) is 11.6 Å². The first kappa shape index (κ1) is 14.4. The van der Waals surface area contributed by atoms with Crippen molar-refractivity contribution in [3.05, 3.63) is 63.8 Å². The molecule has 0 spiro atoms.